The molecular weight excluding hydrogens is 451 g/mol. The maximum atomic E-state index is 12.9. The molecule has 0 unspecified atom stereocenters. The van der Waals surface area contributed by atoms with Crippen LogP contribution in [0.5, 0.6) is 0 Å². The number of benzene rings is 2. The van der Waals surface area contributed by atoms with E-state index in [1.165, 1.54) is 12.1 Å². The minimum absolute atomic E-state index is 0.0591. The zero-order chi connectivity index (χ0) is 24.4. The first kappa shape index (κ1) is 24.5. The Morgan fingerprint density at radius 2 is 1.52 bits per heavy atom. The van der Waals surface area contributed by atoms with Crippen molar-refractivity contribution in [2.45, 2.75) is 39.3 Å². The van der Waals surface area contributed by atoms with Crippen molar-refractivity contribution < 1.29 is 27.5 Å². The van der Waals surface area contributed by atoms with E-state index in [2.05, 4.69) is 26.1 Å². The summed E-state index contributed by atoms with van der Waals surface area (Å²) in [7, 11) is 0. The SMILES string of the molecule is CCOC(=O)c1c(-c2ccc(C(F)(F)F)cc2)csc1NC(=O)c1ccc(C(C)(C)C)cc1. The molecule has 0 spiro atoms. The van der Waals surface area contributed by atoms with E-state index < -0.39 is 23.6 Å². The largest absolute Gasteiger partial charge is 0.462 e. The highest BCUT2D eigenvalue weighted by Crippen LogP contribution is 2.38. The molecule has 0 aliphatic carbocycles. The van der Waals surface area contributed by atoms with Crippen molar-refractivity contribution in [3.63, 3.8) is 0 Å². The van der Waals surface area contributed by atoms with Crippen molar-refractivity contribution in [2.75, 3.05) is 11.9 Å². The number of anilines is 1. The van der Waals surface area contributed by atoms with Gasteiger partial charge in [0.25, 0.3) is 5.91 Å². The highest BCUT2D eigenvalue weighted by molar-refractivity contribution is 7.15. The third-order valence-electron chi connectivity index (χ3n) is 5.03. The van der Waals surface area contributed by atoms with E-state index in [1.807, 2.05) is 12.1 Å². The lowest BCUT2D eigenvalue weighted by Gasteiger charge is -2.19. The van der Waals surface area contributed by atoms with Gasteiger partial charge in [0.15, 0.2) is 0 Å². The summed E-state index contributed by atoms with van der Waals surface area (Å²) in [5, 5.41) is 4.64. The summed E-state index contributed by atoms with van der Waals surface area (Å²) >= 11 is 1.11. The smallest absolute Gasteiger partial charge is 0.416 e. The van der Waals surface area contributed by atoms with Crippen LogP contribution in [0.1, 0.15) is 59.5 Å². The number of halogens is 3. The third-order valence-corrected chi connectivity index (χ3v) is 5.93. The number of carbonyl (C=O) groups is 2. The van der Waals surface area contributed by atoms with Gasteiger partial charge in [0.1, 0.15) is 10.6 Å². The van der Waals surface area contributed by atoms with Crippen LogP contribution in [-0.4, -0.2) is 18.5 Å². The molecule has 4 nitrogen and oxygen atoms in total. The van der Waals surface area contributed by atoms with E-state index in [-0.39, 0.29) is 22.6 Å². The van der Waals surface area contributed by atoms with Crippen molar-refractivity contribution in [2.24, 2.45) is 0 Å². The molecule has 3 aromatic rings. The Bertz CT molecular complexity index is 1140. The Kier molecular flexibility index (Phi) is 6.97. The number of ether oxygens (including phenoxy) is 1. The van der Waals surface area contributed by atoms with E-state index in [1.54, 1.807) is 24.4 Å². The van der Waals surface area contributed by atoms with Gasteiger partial charge >= 0.3 is 12.1 Å². The summed E-state index contributed by atoms with van der Waals surface area (Å²) in [6.45, 7) is 7.98. The average Bonchev–Trinajstić information content (AvgIpc) is 3.16. The first-order valence-corrected chi connectivity index (χ1v) is 11.2. The van der Waals surface area contributed by atoms with Crippen LogP contribution < -0.4 is 5.32 Å². The number of amides is 1. The van der Waals surface area contributed by atoms with E-state index in [9.17, 15) is 22.8 Å². The van der Waals surface area contributed by atoms with Crippen LogP contribution >= 0.6 is 11.3 Å². The number of thiophene rings is 1. The van der Waals surface area contributed by atoms with Gasteiger partial charge in [0, 0.05) is 16.5 Å². The lowest BCUT2D eigenvalue weighted by Crippen LogP contribution is -2.16. The summed E-state index contributed by atoms with van der Waals surface area (Å²) in [6.07, 6.45) is -4.46. The minimum Gasteiger partial charge on any atom is -0.462 e. The Balaban J connectivity index is 1.93. The number of nitrogens with one attached hydrogen (secondary N) is 1. The van der Waals surface area contributed by atoms with E-state index in [0.717, 1.165) is 29.0 Å². The van der Waals surface area contributed by atoms with Crippen molar-refractivity contribution in [3.05, 3.63) is 76.2 Å². The Hall–Kier alpha value is -3.13. The Morgan fingerprint density at radius 1 is 0.939 bits per heavy atom. The minimum atomic E-state index is -4.46. The molecule has 0 radical (unpaired) electrons. The highest BCUT2D eigenvalue weighted by Gasteiger charge is 2.30. The molecule has 8 heteroatoms. The van der Waals surface area contributed by atoms with Gasteiger partial charge in [0.05, 0.1) is 12.2 Å². The van der Waals surface area contributed by atoms with Crippen LogP contribution in [0.4, 0.5) is 18.2 Å². The molecular formula is C25H24F3NO3S. The fourth-order valence-electron chi connectivity index (χ4n) is 3.20. The van der Waals surface area contributed by atoms with Gasteiger partial charge < -0.3 is 10.1 Å². The second-order valence-corrected chi connectivity index (χ2v) is 9.31. The van der Waals surface area contributed by atoms with Gasteiger partial charge in [-0.25, -0.2) is 4.79 Å². The predicted molar refractivity (Wildman–Crippen MR) is 124 cm³/mol. The van der Waals surface area contributed by atoms with Crippen molar-refractivity contribution >= 4 is 28.2 Å². The molecule has 1 heterocycles. The fourth-order valence-corrected chi connectivity index (χ4v) is 4.16. The molecule has 3 rings (SSSR count). The van der Waals surface area contributed by atoms with Gasteiger partial charge in [0.2, 0.25) is 0 Å². The first-order valence-electron chi connectivity index (χ1n) is 10.3. The molecule has 1 N–H and O–H groups in total. The predicted octanol–water partition coefficient (Wildman–Crippen LogP) is 7.16. The summed E-state index contributed by atoms with van der Waals surface area (Å²) in [6, 6.07) is 11.7. The van der Waals surface area contributed by atoms with Gasteiger partial charge in [-0.2, -0.15) is 13.2 Å². The molecule has 1 aromatic heterocycles. The normalized spacial score (nSPS) is 11.8. The number of hydrogen-bond donors (Lipinski definition) is 1. The number of hydrogen-bond acceptors (Lipinski definition) is 4. The monoisotopic (exact) mass is 475 g/mol. The quantitative estimate of drug-likeness (QED) is 0.398. The molecule has 0 bridgehead atoms. The summed E-state index contributed by atoms with van der Waals surface area (Å²) in [5.74, 6) is -1.06. The molecule has 0 atom stereocenters. The van der Waals surface area contributed by atoms with E-state index in [4.69, 9.17) is 4.74 Å². The zero-order valence-electron chi connectivity index (χ0n) is 18.7. The number of carbonyl (C=O) groups excluding carboxylic acids is 2. The van der Waals surface area contributed by atoms with Crippen LogP contribution in [0.3, 0.4) is 0 Å². The van der Waals surface area contributed by atoms with Crippen molar-refractivity contribution in [1.29, 1.82) is 0 Å². The fraction of sp³-hybridized carbons (Fsp3) is 0.280. The molecule has 0 aliphatic rings. The lowest BCUT2D eigenvalue weighted by molar-refractivity contribution is -0.137. The topological polar surface area (TPSA) is 55.4 Å². The summed E-state index contributed by atoms with van der Waals surface area (Å²) in [5.41, 5.74) is 1.57. The molecule has 0 fully saturated rings. The second-order valence-electron chi connectivity index (χ2n) is 8.43. The van der Waals surface area contributed by atoms with Crippen LogP contribution in [0, 0.1) is 0 Å². The highest BCUT2D eigenvalue weighted by atomic mass is 32.1. The maximum Gasteiger partial charge on any atom is 0.416 e. The number of alkyl halides is 3. The van der Waals surface area contributed by atoms with E-state index >= 15 is 0 Å². The second kappa shape index (κ2) is 9.39. The number of rotatable bonds is 5. The summed E-state index contributed by atoms with van der Waals surface area (Å²) in [4.78, 5) is 25.5. The van der Waals surface area contributed by atoms with Gasteiger partial charge in [-0.3, -0.25) is 4.79 Å². The zero-order valence-corrected chi connectivity index (χ0v) is 19.5. The number of esters is 1. The first-order chi connectivity index (χ1) is 15.4. The molecule has 2 aromatic carbocycles. The Labute approximate surface area is 194 Å². The molecule has 174 valence electrons. The maximum absolute atomic E-state index is 12.9. The lowest BCUT2D eigenvalue weighted by atomic mass is 9.87. The van der Waals surface area contributed by atoms with Gasteiger partial charge in [-0.15, -0.1) is 11.3 Å². The molecule has 1 amide bonds. The van der Waals surface area contributed by atoms with Crippen LogP contribution in [0.15, 0.2) is 53.9 Å². The van der Waals surface area contributed by atoms with Crippen LogP contribution in [0.25, 0.3) is 11.1 Å². The third kappa shape index (κ3) is 5.63. The van der Waals surface area contributed by atoms with Crippen LogP contribution in [0.2, 0.25) is 0 Å². The van der Waals surface area contributed by atoms with Crippen molar-refractivity contribution in [3.8, 4) is 11.1 Å². The molecule has 0 saturated carbocycles. The van der Waals surface area contributed by atoms with Crippen molar-refractivity contribution in [1.82, 2.24) is 0 Å². The summed E-state index contributed by atoms with van der Waals surface area (Å²) < 4.78 is 43.9. The average molecular weight is 476 g/mol. The van der Waals surface area contributed by atoms with Gasteiger partial charge in [-0.1, -0.05) is 45.0 Å². The molecule has 33 heavy (non-hydrogen) atoms. The Morgan fingerprint density at radius 3 is 2.03 bits per heavy atom. The van der Waals surface area contributed by atoms with E-state index in [0.29, 0.717) is 16.7 Å². The van der Waals surface area contributed by atoms with Crippen LogP contribution in [-0.2, 0) is 16.3 Å². The van der Waals surface area contributed by atoms with Gasteiger partial charge in [-0.05, 0) is 47.7 Å². The standard InChI is InChI=1S/C25H24F3NO3S/c1-5-32-23(31)20-19(15-6-12-18(13-7-15)25(26,27)28)14-33-22(20)29-21(30)16-8-10-17(11-9-16)24(2,3)4/h6-14H,5H2,1-4H3,(H,29,30). The molecule has 0 aliphatic heterocycles. The molecule has 0 saturated heterocycles.